The largest absolute Gasteiger partial charge is 0.326 e. The van der Waals surface area contributed by atoms with Crippen LogP contribution >= 0.6 is 15.9 Å². The van der Waals surface area contributed by atoms with E-state index in [1.165, 1.54) is 4.90 Å². The monoisotopic (exact) mass is 310 g/mol. The van der Waals surface area contributed by atoms with Crippen LogP contribution in [0.15, 0.2) is 28.7 Å². The fraction of sp³-hybridized carbons (Fsp3) is 0.385. The van der Waals surface area contributed by atoms with E-state index in [0.717, 1.165) is 10.0 Å². The number of nitrogens with zero attached hydrogens (tertiary/aromatic N) is 1. The SMILES string of the molecule is CC(C)[C@@H]1NC(=O)N(Cc2cccc(Br)c2)C1=O. The quantitative estimate of drug-likeness (QED) is 0.872. The van der Waals surface area contributed by atoms with Gasteiger partial charge in [0.05, 0.1) is 6.54 Å². The third-order valence-electron chi connectivity index (χ3n) is 2.95. The van der Waals surface area contributed by atoms with Gasteiger partial charge >= 0.3 is 6.03 Å². The van der Waals surface area contributed by atoms with Crippen LogP contribution in [0.25, 0.3) is 0 Å². The third-order valence-corrected chi connectivity index (χ3v) is 3.45. The highest BCUT2D eigenvalue weighted by molar-refractivity contribution is 9.10. The van der Waals surface area contributed by atoms with E-state index in [2.05, 4.69) is 21.2 Å². The Hall–Kier alpha value is -1.36. The van der Waals surface area contributed by atoms with Crippen LogP contribution in [0.3, 0.4) is 0 Å². The Labute approximate surface area is 114 Å². The van der Waals surface area contributed by atoms with E-state index in [0.29, 0.717) is 6.54 Å². The number of halogens is 1. The van der Waals surface area contributed by atoms with Crippen molar-refractivity contribution in [3.8, 4) is 0 Å². The minimum Gasteiger partial charge on any atom is -0.326 e. The van der Waals surface area contributed by atoms with E-state index >= 15 is 0 Å². The fourth-order valence-corrected chi connectivity index (χ4v) is 2.41. The number of carbonyl (C=O) groups excluding carboxylic acids is 2. The normalized spacial score (nSPS) is 19.6. The van der Waals surface area contributed by atoms with Crippen molar-refractivity contribution >= 4 is 27.9 Å². The van der Waals surface area contributed by atoms with Crippen LogP contribution in [-0.2, 0) is 11.3 Å². The van der Waals surface area contributed by atoms with Crippen LogP contribution in [0.2, 0.25) is 0 Å². The van der Waals surface area contributed by atoms with E-state index in [-0.39, 0.29) is 17.9 Å². The summed E-state index contributed by atoms with van der Waals surface area (Å²) >= 11 is 3.37. The number of nitrogens with one attached hydrogen (secondary N) is 1. The first-order chi connectivity index (χ1) is 8.49. The maximum atomic E-state index is 12.1. The standard InChI is InChI=1S/C13H15BrN2O2/c1-8(2)11-12(17)16(13(18)15-11)7-9-4-3-5-10(14)6-9/h3-6,8,11H,7H2,1-2H3,(H,15,18)/t11-/m0/s1. The maximum Gasteiger partial charge on any atom is 0.325 e. The molecule has 1 aromatic carbocycles. The molecule has 0 radical (unpaired) electrons. The van der Waals surface area contributed by atoms with Crippen molar-refractivity contribution in [3.05, 3.63) is 34.3 Å². The van der Waals surface area contributed by atoms with Crippen molar-refractivity contribution in [1.29, 1.82) is 0 Å². The van der Waals surface area contributed by atoms with Crippen molar-refractivity contribution in [3.63, 3.8) is 0 Å². The lowest BCUT2D eigenvalue weighted by Gasteiger charge is -2.14. The van der Waals surface area contributed by atoms with Gasteiger partial charge in [-0.3, -0.25) is 9.69 Å². The smallest absolute Gasteiger partial charge is 0.325 e. The molecule has 1 aliphatic heterocycles. The van der Waals surface area contributed by atoms with Gasteiger partial charge in [-0.25, -0.2) is 4.79 Å². The molecule has 1 aromatic rings. The van der Waals surface area contributed by atoms with Gasteiger partial charge in [0.25, 0.3) is 5.91 Å². The second-order valence-electron chi connectivity index (χ2n) is 4.73. The Balaban J connectivity index is 2.15. The summed E-state index contributed by atoms with van der Waals surface area (Å²) in [6.45, 7) is 4.16. The topological polar surface area (TPSA) is 49.4 Å². The van der Waals surface area contributed by atoms with Crippen molar-refractivity contribution in [2.75, 3.05) is 0 Å². The van der Waals surface area contributed by atoms with E-state index in [1.807, 2.05) is 38.1 Å². The second kappa shape index (κ2) is 5.10. The van der Waals surface area contributed by atoms with Gasteiger partial charge in [0, 0.05) is 4.47 Å². The number of amides is 3. The zero-order valence-corrected chi connectivity index (χ0v) is 11.9. The third kappa shape index (κ3) is 2.56. The summed E-state index contributed by atoms with van der Waals surface area (Å²) in [4.78, 5) is 25.1. The minimum absolute atomic E-state index is 0.106. The van der Waals surface area contributed by atoms with Crippen molar-refractivity contribution in [2.45, 2.75) is 26.4 Å². The van der Waals surface area contributed by atoms with Crippen LogP contribution in [-0.4, -0.2) is 22.9 Å². The van der Waals surface area contributed by atoms with Crippen molar-refractivity contribution < 1.29 is 9.59 Å². The first-order valence-corrected chi connectivity index (χ1v) is 6.64. The summed E-state index contributed by atoms with van der Waals surface area (Å²) in [7, 11) is 0. The highest BCUT2D eigenvalue weighted by Crippen LogP contribution is 2.18. The van der Waals surface area contributed by atoms with Crippen LogP contribution in [0, 0.1) is 5.92 Å². The molecule has 4 nitrogen and oxygen atoms in total. The Morgan fingerprint density at radius 3 is 2.67 bits per heavy atom. The van der Waals surface area contributed by atoms with Crippen LogP contribution < -0.4 is 5.32 Å². The summed E-state index contributed by atoms with van der Waals surface area (Å²) in [5.74, 6) is -0.0380. The van der Waals surface area contributed by atoms with E-state index in [9.17, 15) is 9.59 Å². The molecule has 0 bridgehead atoms. The van der Waals surface area contributed by atoms with Crippen LogP contribution in [0.5, 0.6) is 0 Å². The average molecular weight is 311 g/mol. The lowest BCUT2D eigenvalue weighted by Crippen LogP contribution is -2.34. The molecule has 1 atom stereocenters. The molecule has 0 unspecified atom stereocenters. The van der Waals surface area contributed by atoms with Gasteiger partial charge in [-0.05, 0) is 23.6 Å². The molecule has 0 saturated carbocycles. The van der Waals surface area contributed by atoms with Crippen molar-refractivity contribution in [1.82, 2.24) is 10.2 Å². The van der Waals surface area contributed by atoms with Crippen molar-refractivity contribution in [2.24, 2.45) is 5.92 Å². The summed E-state index contributed by atoms with van der Waals surface area (Å²) in [6.07, 6.45) is 0. The summed E-state index contributed by atoms with van der Waals surface area (Å²) in [5.41, 5.74) is 0.928. The fourth-order valence-electron chi connectivity index (χ4n) is 1.96. The average Bonchev–Trinajstić information content (AvgIpc) is 2.57. The molecule has 1 saturated heterocycles. The lowest BCUT2D eigenvalue weighted by molar-refractivity contribution is -0.128. The molecule has 96 valence electrons. The van der Waals surface area contributed by atoms with Gasteiger partial charge < -0.3 is 5.32 Å². The Bertz CT molecular complexity index is 488. The Morgan fingerprint density at radius 2 is 2.11 bits per heavy atom. The van der Waals surface area contributed by atoms with Gasteiger partial charge in [0.2, 0.25) is 0 Å². The molecule has 1 N–H and O–H groups in total. The van der Waals surface area contributed by atoms with E-state index in [1.54, 1.807) is 0 Å². The Kier molecular flexibility index (Phi) is 3.71. The molecule has 5 heteroatoms. The molecule has 2 rings (SSSR count). The highest BCUT2D eigenvalue weighted by atomic mass is 79.9. The van der Waals surface area contributed by atoms with Gasteiger partial charge in [-0.15, -0.1) is 0 Å². The van der Waals surface area contributed by atoms with E-state index in [4.69, 9.17) is 0 Å². The first-order valence-electron chi connectivity index (χ1n) is 5.85. The number of carbonyl (C=O) groups is 2. The number of hydrogen-bond acceptors (Lipinski definition) is 2. The maximum absolute atomic E-state index is 12.1. The second-order valence-corrected chi connectivity index (χ2v) is 5.64. The highest BCUT2D eigenvalue weighted by Gasteiger charge is 2.39. The molecule has 1 aliphatic rings. The predicted octanol–water partition coefficient (Wildman–Crippen LogP) is 2.53. The Morgan fingerprint density at radius 1 is 1.39 bits per heavy atom. The predicted molar refractivity (Wildman–Crippen MR) is 71.8 cm³/mol. The van der Waals surface area contributed by atoms with Gasteiger partial charge in [0.15, 0.2) is 0 Å². The number of benzene rings is 1. The van der Waals surface area contributed by atoms with Gasteiger partial charge in [-0.1, -0.05) is 41.9 Å². The number of imide groups is 1. The molecular weight excluding hydrogens is 296 g/mol. The molecule has 3 amide bonds. The molecule has 1 heterocycles. The molecule has 0 spiro atoms. The van der Waals surface area contributed by atoms with Crippen LogP contribution in [0.1, 0.15) is 19.4 Å². The zero-order valence-electron chi connectivity index (χ0n) is 10.3. The van der Waals surface area contributed by atoms with Crippen LogP contribution in [0.4, 0.5) is 4.79 Å². The number of hydrogen-bond donors (Lipinski definition) is 1. The van der Waals surface area contributed by atoms with Gasteiger partial charge in [0.1, 0.15) is 6.04 Å². The number of rotatable bonds is 3. The lowest BCUT2D eigenvalue weighted by atomic mass is 10.0. The minimum atomic E-state index is -0.398. The van der Waals surface area contributed by atoms with E-state index < -0.39 is 6.04 Å². The molecular formula is C13H15BrN2O2. The summed E-state index contributed by atoms with van der Waals surface area (Å²) < 4.78 is 0.937. The van der Waals surface area contributed by atoms with Gasteiger partial charge in [-0.2, -0.15) is 0 Å². The number of urea groups is 1. The molecule has 0 aliphatic carbocycles. The first kappa shape index (κ1) is 13.1. The molecule has 1 fully saturated rings. The summed E-state index contributed by atoms with van der Waals surface area (Å²) in [5, 5.41) is 2.71. The summed E-state index contributed by atoms with van der Waals surface area (Å²) in [6, 6.07) is 6.89. The molecule has 18 heavy (non-hydrogen) atoms. The molecule has 0 aromatic heterocycles. The zero-order chi connectivity index (χ0) is 13.3.